The van der Waals surface area contributed by atoms with Crippen molar-refractivity contribution in [3.63, 3.8) is 0 Å². The number of hydrogen-bond donors (Lipinski definition) is 2. The molecule has 2 amide bonds. The Kier molecular flexibility index (Phi) is 8.43. The fourth-order valence-electron chi connectivity index (χ4n) is 3.36. The maximum absolute atomic E-state index is 12.8. The number of hydrogen-bond acceptors (Lipinski definition) is 4. The summed E-state index contributed by atoms with van der Waals surface area (Å²) in [5, 5.41) is 5.83. The first-order chi connectivity index (χ1) is 15.0. The lowest BCUT2D eigenvalue weighted by molar-refractivity contribution is 0.0724. The minimum atomic E-state index is -0.370. The van der Waals surface area contributed by atoms with Gasteiger partial charge in [-0.2, -0.15) is 0 Å². The van der Waals surface area contributed by atoms with Crippen molar-refractivity contribution in [3.05, 3.63) is 58.1 Å². The van der Waals surface area contributed by atoms with Crippen LogP contribution >= 0.6 is 28.1 Å². The van der Waals surface area contributed by atoms with E-state index in [0.717, 1.165) is 36.8 Å². The van der Waals surface area contributed by atoms with Gasteiger partial charge in [0.25, 0.3) is 11.8 Å². The summed E-state index contributed by atoms with van der Waals surface area (Å²) < 4.78 is 6.44. The molecule has 0 unspecified atom stereocenters. The molecule has 31 heavy (non-hydrogen) atoms. The van der Waals surface area contributed by atoms with E-state index in [1.54, 1.807) is 36.4 Å². The Morgan fingerprint density at radius 1 is 1.13 bits per heavy atom. The van der Waals surface area contributed by atoms with E-state index in [4.69, 9.17) is 17.0 Å². The first-order valence-electron chi connectivity index (χ1n) is 10.4. The predicted octanol–water partition coefficient (Wildman–Crippen LogP) is 4.99. The Morgan fingerprint density at radius 3 is 2.65 bits per heavy atom. The molecule has 8 heteroatoms. The van der Waals surface area contributed by atoms with Gasteiger partial charge in [-0.3, -0.25) is 14.9 Å². The highest BCUT2D eigenvalue weighted by Gasteiger charge is 2.19. The molecule has 2 aromatic carbocycles. The summed E-state index contributed by atoms with van der Waals surface area (Å²) in [5.41, 5.74) is 1.63. The summed E-state index contributed by atoms with van der Waals surface area (Å²) >= 11 is 8.71. The van der Waals surface area contributed by atoms with Gasteiger partial charge in [0, 0.05) is 28.8 Å². The molecule has 0 aliphatic carbocycles. The van der Waals surface area contributed by atoms with Crippen LogP contribution in [-0.2, 0) is 0 Å². The number of likely N-dealkylation sites (tertiary alicyclic amines) is 1. The average molecular weight is 504 g/mol. The third kappa shape index (κ3) is 6.51. The van der Waals surface area contributed by atoms with Crippen LogP contribution in [0.1, 0.15) is 53.3 Å². The second-order valence-corrected chi connectivity index (χ2v) is 8.65. The normalized spacial score (nSPS) is 13.4. The van der Waals surface area contributed by atoms with Crippen LogP contribution in [-0.4, -0.2) is 41.5 Å². The Labute approximate surface area is 196 Å². The number of carbonyl (C=O) groups is 2. The number of piperidine rings is 1. The summed E-state index contributed by atoms with van der Waals surface area (Å²) in [6.07, 6.45) is 4.09. The Bertz CT molecular complexity index is 961. The average Bonchev–Trinajstić information content (AvgIpc) is 2.78. The lowest BCUT2D eigenvalue weighted by atomic mass is 10.1. The second-order valence-electron chi connectivity index (χ2n) is 7.33. The maximum Gasteiger partial charge on any atom is 0.261 e. The standard InChI is InChI=1S/C23H26BrN3O3S/c1-2-13-30-20-10-9-17(24)15-19(20)21(28)26-23(31)25-18-8-6-7-16(14-18)22(29)27-11-4-3-5-12-27/h6-10,14-15H,2-5,11-13H2,1H3,(H2,25,26,28,31). The predicted molar refractivity (Wildman–Crippen MR) is 130 cm³/mol. The van der Waals surface area contributed by atoms with Crippen LogP contribution in [0.2, 0.25) is 0 Å². The zero-order valence-corrected chi connectivity index (χ0v) is 19.9. The van der Waals surface area contributed by atoms with Crippen molar-refractivity contribution in [1.29, 1.82) is 0 Å². The smallest absolute Gasteiger partial charge is 0.261 e. The summed E-state index contributed by atoms with van der Waals surface area (Å²) in [7, 11) is 0. The topological polar surface area (TPSA) is 70.7 Å². The van der Waals surface area contributed by atoms with E-state index >= 15 is 0 Å². The lowest BCUT2D eigenvalue weighted by Gasteiger charge is -2.26. The molecule has 1 fully saturated rings. The monoisotopic (exact) mass is 503 g/mol. The number of anilines is 1. The highest BCUT2D eigenvalue weighted by Crippen LogP contribution is 2.23. The zero-order chi connectivity index (χ0) is 22.2. The third-order valence-electron chi connectivity index (χ3n) is 4.89. The van der Waals surface area contributed by atoms with E-state index in [1.165, 1.54) is 6.42 Å². The minimum absolute atomic E-state index is 0.0187. The molecule has 2 aromatic rings. The number of carbonyl (C=O) groups excluding carboxylic acids is 2. The molecular formula is C23H26BrN3O3S. The Hall–Kier alpha value is -2.45. The van der Waals surface area contributed by atoms with Crippen molar-refractivity contribution in [2.45, 2.75) is 32.6 Å². The molecule has 0 spiro atoms. The fraction of sp³-hybridized carbons (Fsp3) is 0.348. The highest BCUT2D eigenvalue weighted by atomic mass is 79.9. The molecular weight excluding hydrogens is 478 g/mol. The molecule has 0 bridgehead atoms. The van der Waals surface area contributed by atoms with E-state index in [1.807, 2.05) is 17.9 Å². The van der Waals surface area contributed by atoms with Crippen molar-refractivity contribution in [2.24, 2.45) is 0 Å². The van der Waals surface area contributed by atoms with Gasteiger partial charge >= 0.3 is 0 Å². The maximum atomic E-state index is 12.8. The van der Waals surface area contributed by atoms with E-state index in [2.05, 4.69) is 26.6 Å². The van der Waals surface area contributed by atoms with Gasteiger partial charge in [-0.05, 0) is 74.3 Å². The molecule has 6 nitrogen and oxygen atoms in total. The molecule has 0 aromatic heterocycles. The van der Waals surface area contributed by atoms with Crippen LogP contribution < -0.4 is 15.4 Å². The van der Waals surface area contributed by atoms with E-state index in [-0.39, 0.29) is 16.9 Å². The van der Waals surface area contributed by atoms with Crippen molar-refractivity contribution < 1.29 is 14.3 Å². The number of halogens is 1. The number of benzene rings is 2. The van der Waals surface area contributed by atoms with Crippen LogP contribution in [0.4, 0.5) is 5.69 Å². The van der Waals surface area contributed by atoms with Crippen molar-refractivity contribution in [3.8, 4) is 5.75 Å². The molecule has 3 rings (SSSR count). The molecule has 164 valence electrons. The highest BCUT2D eigenvalue weighted by molar-refractivity contribution is 9.10. The van der Waals surface area contributed by atoms with Gasteiger partial charge in [0.15, 0.2) is 5.11 Å². The van der Waals surface area contributed by atoms with E-state index in [9.17, 15) is 9.59 Å². The van der Waals surface area contributed by atoms with Crippen LogP contribution in [0, 0.1) is 0 Å². The Morgan fingerprint density at radius 2 is 1.90 bits per heavy atom. The third-order valence-corrected chi connectivity index (χ3v) is 5.58. The summed E-state index contributed by atoms with van der Waals surface area (Å²) in [4.78, 5) is 27.4. The van der Waals surface area contributed by atoms with Crippen LogP contribution in [0.25, 0.3) is 0 Å². The van der Waals surface area contributed by atoms with Gasteiger partial charge in [0.1, 0.15) is 5.75 Å². The molecule has 1 saturated heterocycles. The van der Waals surface area contributed by atoms with Crippen molar-refractivity contribution >= 4 is 50.8 Å². The van der Waals surface area contributed by atoms with Gasteiger partial charge in [-0.25, -0.2) is 0 Å². The first-order valence-corrected chi connectivity index (χ1v) is 11.6. The molecule has 1 heterocycles. The molecule has 1 aliphatic rings. The Balaban J connectivity index is 1.65. The van der Waals surface area contributed by atoms with Gasteiger partial charge in [-0.15, -0.1) is 0 Å². The van der Waals surface area contributed by atoms with Gasteiger partial charge in [0.2, 0.25) is 0 Å². The molecule has 2 N–H and O–H groups in total. The first kappa shape index (κ1) is 23.2. The van der Waals surface area contributed by atoms with Gasteiger partial charge in [-0.1, -0.05) is 28.9 Å². The number of nitrogens with zero attached hydrogens (tertiary/aromatic N) is 1. The molecule has 0 saturated carbocycles. The summed E-state index contributed by atoms with van der Waals surface area (Å²) in [6, 6.07) is 12.4. The number of thiocarbonyl (C=S) groups is 1. The van der Waals surface area contributed by atoms with Crippen LogP contribution in [0.3, 0.4) is 0 Å². The number of amides is 2. The molecule has 1 aliphatic heterocycles. The minimum Gasteiger partial charge on any atom is -0.493 e. The quantitative estimate of drug-likeness (QED) is 0.543. The SMILES string of the molecule is CCCOc1ccc(Br)cc1C(=O)NC(=S)Nc1cccc(C(=O)N2CCCCC2)c1. The lowest BCUT2D eigenvalue weighted by Crippen LogP contribution is -2.36. The van der Waals surface area contributed by atoms with Crippen molar-refractivity contribution in [2.75, 3.05) is 25.0 Å². The largest absolute Gasteiger partial charge is 0.493 e. The number of ether oxygens (including phenoxy) is 1. The molecule has 0 atom stereocenters. The molecule has 0 radical (unpaired) electrons. The fourth-order valence-corrected chi connectivity index (χ4v) is 3.93. The van der Waals surface area contributed by atoms with Gasteiger partial charge < -0.3 is 15.0 Å². The van der Waals surface area contributed by atoms with Crippen LogP contribution in [0.5, 0.6) is 5.75 Å². The summed E-state index contributed by atoms with van der Waals surface area (Å²) in [5.74, 6) is 0.148. The summed E-state index contributed by atoms with van der Waals surface area (Å²) in [6.45, 7) is 4.10. The number of nitrogens with one attached hydrogen (secondary N) is 2. The van der Waals surface area contributed by atoms with Crippen LogP contribution in [0.15, 0.2) is 46.9 Å². The number of rotatable bonds is 6. The zero-order valence-electron chi connectivity index (χ0n) is 17.4. The second kappa shape index (κ2) is 11.2. The van der Waals surface area contributed by atoms with Gasteiger partial charge in [0.05, 0.1) is 12.2 Å². The van der Waals surface area contributed by atoms with Crippen molar-refractivity contribution in [1.82, 2.24) is 10.2 Å². The van der Waals surface area contributed by atoms with E-state index < -0.39 is 0 Å². The van der Waals surface area contributed by atoms with E-state index in [0.29, 0.717) is 29.2 Å².